The monoisotopic (exact) mass is 572 g/mol. The third kappa shape index (κ3) is 10.9. The van der Waals surface area contributed by atoms with Crippen LogP contribution < -0.4 is 16.0 Å². The van der Waals surface area contributed by atoms with Crippen molar-refractivity contribution in [2.75, 3.05) is 18.4 Å². The van der Waals surface area contributed by atoms with Crippen molar-refractivity contribution in [3.63, 3.8) is 0 Å². The minimum absolute atomic E-state index is 0.0212. The molecule has 1 aromatic rings. The zero-order valence-corrected chi connectivity index (χ0v) is 23.6. The molecule has 0 aliphatic carbocycles. The van der Waals surface area contributed by atoms with Gasteiger partial charge in [0.2, 0.25) is 17.7 Å². The zero-order valence-electron chi connectivity index (χ0n) is 23.6. The number of aryl methyl sites for hydroxylation is 1. The largest absolute Gasteiger partial charge is 0.481 e. The van der Waals surface area contributed by atoms with Gasteiger partial charge in [0.1, 0.15) is 19.2 Å². The molecule has 5 amide bonds. The number of aliphatic carboxylic acids is 1. The number of carbonyl (C=O) groups is 7. The van der Waals surface area contributed by atoms with E-state index < -0.39 is 60.1 Å². The molecule has 0 saturated heterocycles. The summed E-state index contributed by atoms with van der Waals surface area (Å²) in [4.78, 5) is 83.7. The Morgan fingerprint density at radius 1 is 0.976 bits per heavy atom. The number of nitrogens with zero attached hydrogens (tertiary/aromatic N) is 1. The van der Waals surface area contributed by atoms with E-state index in [2.05, 4.69) is 16.0 Å². The Morgan fingerprint density at radius 2 is 1.63 bits per heavy atom. The van der Waals surface area contributed by atoms with Crippen molar-refractivity contribution < 1.29 is 43.4 Å². The van der Waals surface area contributed by atoms with Gasteiger partial charge in [-0.3, -0.25) is 38.5 Å². The Morgan fingerprint density at radius 3 is 2.24 bits per heavy atom. The number of ether oxygens (including phenoxy) is 1. The van der Waals surface area contributed by atoms with Crippen LogP contribution in [0.1, 0.15) is 58.1 Å². The number of anilines is 1. The SMILES string of the molecule is CC(NC(=O)CNC(=O)CN1C(=O)C=CC1=O)C(=O)Nc1ccc(COC(=O)C(C)(C)C)c(CCCCC(=O)O)c1. The number of imide groups is 1. The van der Waals surface area contributed by atoms with Gasteiger partial charge in [0, 0.05) is 24.3 Å². The first-order valence-corrected chi connectivity index (χ1v) is 13.1. The number of hydrogen-bond donors (Lipinski definition) is 4. The summed E-state index contributed by atoms with van der Waals surface area (Å²) >= 11 is 0. The molecule has 2 rings (SSSR count). The fourth-order valence-electron chi connectivity index (χ4n) is 3.60. The van der Waals surface area contributed by atoms with E-state index in [0.717, 1.165) is 28.2 Å². The van der Waals surface area contributed by atoms with Gasteiger partial charge < -0.3 is 25.8 Å². The molecular formula is C28H36N4O9. The minimum atomic E-state index is -0.975. The Labute approximate surface area is 237 Å². The molecule has 0 aromatic heterocycles. The normalized spacial score (nSPS) is 13.5. The average molecular weight is 573 g/mol. The Bertz CT molecular complexity index is 1220. The Hall–Kier alpha value is -4.55. The average Bonchev–Trinajstić information content (AvgIpc) is 3.20. The van der Waals surface area contributed by atoms with Crippen LogP contribution >= 0.6 is 0 Å². The molecular weight excluding hydrogens is 536 g/mol. The first-order valence-electron chi connectivity index (χ1n) is 13.1. The van der Waals surface area contributed by atoms with Crippen molar-refractivity contribution in [3.8, 4) is 0 Å². The number of carboxylic acid groups (broad SMARTS) is 1. The number of unbranched alkanes of at least 4 members (excludes halogenated alkanes) is 1. The molecule has 41 heavy (non-hydrogen) atoms. The molecule has 0 spiro atoms. The topological polar surface area (TPSA) is 188 Å². The Balaban J connectivity index is 1.94. The molecule has 0 radical (unpaired) electrons. The smallest absolute Gasteiger partial charge is 0.311 e. The van der Waals surface area contributed by atoms with E-state index in [0.29, 0.717) is 24.9 Å². The minimum Gasteiger partial charge on any atom is -0.481 e. The van der Waals surface area contributed by atoms with Gasteiger partial charge in [-0.2, -0.15) is 0 Å². The van der Waals surface area contributed by atoms with Crippen LogP contribution in [-0.2, 0) is 51.3 Å². The van der Waals surface area contributed by atoms with Gasteiger partial charge >= 0.3 is 11.9 Å². The lowest BCUT2D eigenvalue weighted by molar-refractivity contribution is -0.154. The summed E-state index contributed by atoms with van der Waals surface area (Å²) in [5, 5.41) is 16.3. The van der Waals surface area contributed by atoms with Gasteiger partial charge in [0.15, 0.2) is 0 Å². The standard InChI is InChI=1S/C28H36N4O9/c1-17(30-21(33)14-29-22(34)15-32-23(35)11-12-24(32)36)26(39)31-20-10-9-19(16-41-27(40)28(2,3)4)18(13-20)7-5-6-8-25(37)38/h9-13,17H,5-8,14-16H2,1-4H3,(H,29,34)(H,30,33)(H,31,39)(H,37,38). The molecule has 0 saturated carbocycles. The van der Waals surface area contributed by atoms with Crippen molar-refractivity contribution in [1.29, 1.82) is 0 Å². The number of nitrogens with one attached hydrogen (secondary N) is 3. The maximum atomic E-state index is 12.7. The molecule has 13 heteroatoms. The van der Waals surface area contributed by atoms with Crippen molar-refractivity contribution in [2.45, 2.75) is 66.0 Å². The second-order valence-electron chi connectivity index (χ2n) is 10.6. The van der Waals surface area contributed by atoms with E-state index in [1.807, 2.05) is 0 Å². The van der Waals surface area contributed by atoms with Crippen LogP contribution in [0, 0.1) is 5.41 Å². The maximum absolute atomic E-state index is 12.7. The van der Waals surface area contributed by atoms with E-state index >= 15 is 0 Å². The third-order valence-corrected chi connectivity index (χ3v) is 5.95. The van der Waals surface area contributed by atoms with E-state index in [1.165, 1.54) is 6.92 Å². The quantitative estimate of drug-likeness (QED) is 0.144. The van der Waals surface area contributed by atoms with Gasteiger partial charge in [-0.25, -0.2) is 0 Å². The number of carbonyl (C=O) groups excluding carboxylic acids is 6. The number of esters is 1. The summed E-state index contributed by atoms with van der Waals surface area (Å²) in [5.74, 6) is -4.42. The van der Waals surface area contributed by atoms with E-state index in [4.69, 9.17) is 9.84 Å². The van der Waals surface area contributed by atoms with Crippen molar-refractivity contribution in [2.24, 2.45) is 5.41 Å². The van der Waals surface area contributed by atoms with Crippen molar-refractivity contribution in [1.82, 2.24) is 15.5 Å². The molecule has 1 aliphatic heterocycles. The number of benzene rings is 1. The lowest BCUT2D eigenvalue weighted by Gasteiger charge is -2.19. The van der Waals surface area contributed by atoms with Crippen LogP contribution in [0.2, 0.25) is 0 Å². The van der Waals surface area contributed by atoms with E-state index in [9.17, 15) is 33.6 Å². The zero-order chi connectivity index (χ0) is 30.7. The fraction of sp³-hybridized carbons (Fsp3) is 0.464. The number of amides is 5. The van der Waals surface area contributed by atoms with Crippen molar-refractivity contribution >= 4 is 47.2 Å². The fourth-order valence-corrected chi connectivity index (χ4v) is 3.60. The second-order valence-corrected chi connectivity index (χ2v) is 10.6. The molecule has 1 atom stereocenters. The Kier molecular flexibility index (Phi) is 11.7. The highest BCUT2D eigenvalue weighted by Gasteiger charge is 2.26. The van der Waals surface area contributed by atoms with Crippen LogP contribution in [-0.4, -0.2) is 70.6 Å². The summed E-state index contributed by atoms with van der Waals surface area (Å²) < 4.78 is 5.43. The molecule has 222 valence electrons. The molecule has 1 aromatic carbocycles. The van der Waals surface area contributed by atoms with E-state index in [-0.39, 0.29) is 19.0 Å². The molecule has 0 bridgehead atoms. The van der Waals surface area contributed by atoms with E-state index in [1.54, 1.807) is 39.0 Å². The van der Waals surface area contributed by atoms with Gasteiger partial charge in [0.05, 0.1) is 12.0 Å². The number of carboxylic acids is 1. The van der Waals surface area contributed by atoms with Gasteiger partial charge in [-0.15, -0.1) is 0 Å². The predicted octanol–water partition coefficient (Wildman–Crippen LogP) is 1.06. The van der Waals surface area contributed by atoms with Gasteiger partial charge in [-0.1, -0.05) is 6.07 Å². The highest BCUT2D eigenvalue weighted by molar-refractivity contribution is 6.14. The van der Waals surface area contributed by atoms with Crippen molar-refractivity contribution in [3.05, 3.63) is 41.5 Å². The molecule has 1 heterocycles. The number of hydrogen-bond acceptors (Lipinski definition) is 8. The van der Waals surface area contributed by atoms with Crippen LogP contribution in [0.25, 0.3) is 0 Å². The van der Waals surface area contributed by atoms with Crippen LogP contribution in [0.4, 0.5) is 5.69 Å². The lowest BCUT2D eigenvalue weighted by atomic mass is 9.97. The first-order chi connectivity index (χ1) is 19.2. The van der Waals surface area contributed by atoms with Crippen LogP contribution in [0.15, 0.2) is 30.4 Å². The molecule has 1 aliphatic rings. The molecule has 13 nitrogen and oxygen atoms in total. The molecule has 4 N–H and O–H groups in total. The predicted molar refractivity (Wildman–Crippen MR) is 146 cm³/mol. The summed E-state index contributed by atoms with van der Waals surface area (Å²) in [6.07, 6.45) is 3.62. The number of rotatable bonds is 14. The highest BCUT2D eigenvalue weighted by atomic mass is 16.5. The third-order valence-electron chi connectivity index (χ3n) is 5.95. The maximum Gasteiger partial charge on any atom is 0.311 e. The van der Waals surface area contributed by atoms with Gasteiger partial charge in [0.25, 0.3) is 11.8 Å². The summed E-state index contributed by atoms with van der Waals surface area (Å²) in [7, 11) is 0. The first kappa shape index (κ1) is 32.7. The highest BCUT2D eigenvalue weighted by Crippen LogP contribution is 2.22. The molecule has 0 fully saturated rings. The molecule has 1 unspecified atom stereocenters. The second kappa shape index (κ2) is 14.7. The lowest BCUT2D eigenvalue weighted by Crippen LogP contribution is -2.47. The summed E-state index contributed by atoms with van der Waals surface area (Å²) in [6.45, 7) is 5.70. The summed E-state index contributed by atoms with van der Waals surface area (Å²) in [6, 6.07) is 4.08. The van der Waals surface area contributed by atoms with Crippen LogP contribution in [0.5, 0.6) is 0 Å². The van der Waals surface area contributed by atoms with Crippen LogP contribution in [0.3, 0.4) is 0 Å². The summed E-state index contributed by atoms with van der Waals surface area (Å²) in [5.41, 5.74) is 1.25. The van der Waals surface area contributed by atoms with Gasteiger partial charge in [-0.05, 0) is 70.2 Å².